The van der Waals surface area contributed by atoms with Gasteiger partial charge in [-0.1, -0.05) is 30.5 Å². The molecule has 0 aromatic heterocycles. The highest BCUT2D eigenvalue weighted by Gasteiger charge is 2.21. The predicted molar refractivity (Wildman–Crippen MR) is 95.4 cm³/mol. The van der Waals surface area contributed by atoms with E-state index in [1.165, 1.54) is 12.1 Å². The van der Waals surface area contributed by atoms with E-state index in [1.54, 1.807) is 6.07 Å². The first-order valence-corrected chi connectivity index (χ1v) is 9.12. The summed E-state index contributed by atoms with van der Waals surface area (Å²) in [5, 5.41) is 0.464. The standard InChI is InChI=1S/C18H27ClFN3O/c19-17-13-16(20)7-6-15(17)14-22-9-11-23(12-10-22)18(24)5-3-1-2-4-8-21/h6-7,13H,1-5,8-12,14,21H2. The van der Waals surface area contributed by atoms with Crippen LogP contribution in [0.25, 0.3) is 0 Å². The second kappa shape index (κ2) is 9.97. The van der Waals surface area contributed by atoms with Crippen molar-refractivity contribution in [2.45, 2.75) is 38.6 Å². The molecule has 0 radical (unpaired) electrons. The minimum absolute atomic E-state index is 0.252. The number of hydrogen-bond acceptors (Lipinski definition) is 3. The van der Waals surface area contributed by atoms with Crippen LogP contribution < -0.4 is 5.73 Å². The Balaban J connectivity index is 1.70. The molecule has 0 spiro atoms. The highest BCUT2D eigenvalue weighted by molar-refractivity contribution is 6.31. The molecule has 0 saturated carbocycles. The Bertz CT molecular complexity index is 533. The van der Waals surface area contributed by atoms with Gasteiger partial charge in [0, 0.05) is 44.2 Å². The first-order chi connectivity index (χ1) is 11.6. The SMILES string of the molecule is NCCCCCCC(=O)N1CCN(Cc2ccc(F)cc2Cl)CC1. The Morgan fingerprint density at radius 1 is 1.12 bits per heavy atom. The fourth-order valence-corrected chi connectivity index (χ4v) is 3.21. The van der Waals surface area contributed by atoms with Gasteiger partial charge in [0.05, 0.1) is 0 Å². The number of halogens is 2. The van der Waals surface area contributed by atoms with Crippen LogP contribution in [-0.2, 0) is 11.3 Å². The molecule has 0 aliphatic carbocycles. The van der Waals surface area contributed by atoms with Crippen molar-refractivity contribution in [1.82, 2.24) is 9.80 Å². The molecule has 24 heavy (non-hydrogen) atoms. The normalized spacial score (nSPS) is 15.7. The van der Waals surface area contributed by atoms with Crippen molar-refractivity contribution < 1.29 is 9.18 Å². The summed E-state index contributed by atoms with van der Waals surface area (Å²) < 4.78 is 13.1. The Labute approximate surface area is 148 Å². The molecule has 0 bridgehead atoms. The molecule has 1 heterocycles. The van der Waals surface area contributed by atoms with Gasteiger partial charge in [0.1, 0.15) is 5.82 Å². The molecular formula is C18H27ClFN3O. The molecule has 1 aromatic carbocycles. The van der Waals surface area contributed by atoms with E-state index >= 15 is 0 Å². The van der Waals surface area contributed by atoms with E-state index in [4.69, 9.17) is 17.3 Å². The minimum Gasteiger partial charge on any atom is -0.340 e. The van der Waals surface area contributed by atoms with Gasteiger partial charge in [-0.2, -0.15) is 0 Å². The zero-order valence-corrected chi connectivity index (χ0v) is 14.9. The fraction of sp³-hybridized carbons (Fsp3) is 0.611. The van der Waals surface area contributed by atoms with Crippen molar-refractivity contribution in [2.75, 3.05) is 32.7 Å². The summed E-state index contributed by atoms with van der Waals surface area (Å²) in [5.74, 6) is -0.0622. The lowest BCUT2D eigenvalue weighted by Gasteiger charge is -2.35. The molecule has 0 unspecified atom stereocenters. The van der Waals surface area contributed by atoms with Crippen LogP contribution in [-0.4, -0.2) is 48.4 Å². The molecule has 1 amide bonds. The summed E-state index contributed by atoms with van der Waals surface area (Å²) in [6.07, 6.45) is 4.80. The number of nitrogens with two attached hydrogens (primary N) is 1. The van der Waals surface area contributed by atoms with Gasteiger partial charge in [0.15, 0.2) is 0 Å². The van der Waals surface area contributed by atoms with Gasteiger partial charge < -0.3 is 10.6 Å². The van der Waals surface area contributed by atoms with E-state index in [-0.39, 0.29) is 11.7 Å². The Morgan fingerprint density at radius 3 is 2.50 bits per heavy atom. The number of amides is 1. The Morgan fingerprint density at radius 2 is 1.83 bits per heavy atom. The fourth-order valence-electron chi connectivity index (χ4n) is 2.98. The van der Waals surface area contributed by atoms with Gasteiger partial charge in [-0.3, -0.25) is 9.69 Å². The van der Waals surface area contributed by atoms with Gasteiger partial charge in [0.2, 0.25) is 5.91 Å². The molecule has 134 valence electrons. The quantitative estimate of drug-likeness (QED) is 0.729. The molecule has 1 aliphatic rings. The van der Waals surface area contributed by atoms with Crippen molar-refractivity contribution >= 4 is 17.5 Å². The first kappa shape index (κ1) is 19.2. The Hall–Kier alpha value is -1.17. The van der Waals surface area contributed by atoms with Crippen LogP contribution in [0.1, 0.15) is 37.7 Å². The maximum atomic E-state index is 13.1. The van der Waals surface area contributed by atoms with Crippen LogP contribution in [0.2, 0.25) is 5.02 Å². The lowest BCUT2D eigenvalue weighted by molar-refractivity contribution is -0.133. The van der Waals surface area contributed by atoms with E-state index in [2.05, 4.69) is 4.90 Å². The van der Waals surface area contributed by atoms with Crippen LogP contribution in [0.5, 0.6) is 0 Å². The molecule has 2 rings (SSSR count). The van der Waals surface area contributed by atoms with Gasteiger partial charge in [-0.05, 0) is 37.1 Å². The average Bonchev–Trinajstić information content (AvgIpc) is 2.57. The van der Waals surface area contributed by atoms with Crippen LogP contribution >= 0.6 is 11.6 Å². The second-order valence-electron chi connectivity index (χ2n) is 6.35. The number of piperazine rings is 1. The van der Waals surface area contributed by atoms with Crippen LogP contribution in [0.4, 0.5) is 4.39 Å². The van der Waals surface area contributed by atoms with Gasteiger partial charge in [-0.25, -0.2) is 4.39 Å². The zero-order valence-electron chi connectivity index (χ0n) is 14.1. The van der Waals surface area contributed by atoms with Crippen molar-refractivity contribution in [2.24, 2.45) is 5.73 Å². The smallest absolute Gasteiger partial charge is 0.222 e. The van der Waals surface area contributed by atoms with Crippen molar-refractivity contribution in [1.29, 1.82) is 0 Å². The number of hydrogen-bond donors (Lipinski definition) is 1. The van der Waals surface area contributed by atoms with E-state index in [9.17, 15) is 9.18 Å². The molecule has 1 saturated heterocycles. The number of nitrogens with zero attached hydrogens (tertiary/aromatic N) is 2. The number of benzene rings is 1. The maximum absolute atomic E-state index is 13.1. The third-order valence-corrected chi connectivity index (χ3v) is 4.83. The lowest BCUT2D eigenvalue weighted by atomic mass is 10.1. The topological polar surface area (TPSA) is 49.6 Å². The summed E-state index contributed by atoms with van der Waals surface area (Å²) in [6, 6.07) is 4.52. The van der Waals surface area contributed by atoms with Crippen molar-refractivity contribution in [3.8, 4) is 0 Å². The highest BCUT2D eigenvalue weighted by Crippen LogP contribution is 2.20. The maximum Gasteiger partial charge on any atom is 0.222 e. The predicted octanol–water partition coefficient (Wildman–Crippen LogP) is 3.03. The van der Waals surface area contributed by atoms with Crippen LogP contribution in [0.15, 0.2) is 18.2 Å². The van der Waals surface area contributed by atoms with Crippen molar-refractivity contribution in [3.63, 3.8) is 0 Å². The largest absolute Gasteiger partial charge is 0.340 e. The average molecular weight is 356 g/mol. The monoisotopic (exact) mass is 355 g/mol. The van der Waals surface area contributed by atoms with E-state index in [1.807, 2.05) is 4.90 Å². The number of carbonyl (C=O) groups is 1. The molecular weight excluding hydrogens is 329 g/mol. The van der Waals surface area contributed by atoms with E-state index in [0.29, 0.717) is 18.0 Å². The molecule has 1 fully saturated rings. The van der Waals surface area contributed by atoms with Crippen LogP contribution in [0, 0.1) is 5.82 Å². The van der Waals surface area contributed by atoms with Gasteiger partial charge >= 0.3 is 0 Å². The zero-order chi connectivity index (χ0) is 17.4. The molecule has 1 aliphatic heterocycles. The first-order valence-electron chi connectivity index (χ1n) is 8.74. The van der Waals surface area contributed by atoms with Crippen LogP contribution in [0.3, 0.4) is 0 Å². The summed E-state index contributed by atoms with van der Waals surface area (Å²) in [6.45, 7) is 4.58. The third kappa shape index (κ3) is 6.04. The van der Waals surface area contributed by atoms with E-state index < -0.39 is 0 Å². The molecule has 1 aromatic rings. The third-order valence-electron chi connectivity index (χ3n) is 4.48. The second-order valence-corrected chi connectivity index (χ2v) is 6.75. The highest BCUT2D eigenvalue weighted by atomic mass is 35.5. The summed E-state index contributed by atoms with van der Waals surface area (Å²) in [4.78, 5) is 16.4. The lowest BCUT2D eigenvalue weighted by Crippen LogP contribution is -2.48. The Kier molecular flexibility index (Phi) is 7.95. The molecule has 0 atom stereocenters. The summed E-state index contributed by atoms with van der Waals surface area (Å²) in [5.41, 5.74) is 6.39. The minimum atomic E-state index is -0.314. The van der Waals surface area contributed by atoms with E-state index in [0.717, 1.165) is 64.0 Å². The van der Waals surface area contributed by atoms with Gasteiger partial charge in [-0.15, -0.1) is 0 Å². The van der Waals surface area contributed by atoms with Crippen molar-refractivity contribution in [3.05, 3.63) is 34.6 Å². The number of rotatable bonds is 8. The summed E-state index contributed by atoms with van der Waals surface area (Å²) >= 11 is 6.08. The summed E-state index contributed by atoms with van der Waals surface area (Å²) in [7, 11) is 0. The molecule has 4 nitrogen and oxygen atoms in total. The molecule has 6 heteroatoms. The van der Waals surface area contributed by atoms with Gasteiger partial charge in [0.25, 0.3) is 0 Å². The molecule has 2 N–H and O–H groups in total. The number of carbonyl (C=O) groups excluding carboxylic acids is 1. The number of unbranched alkanes of at least 4 members (excludes halogenated alkanes) is 3.